The van der Waals surface area contributed by atoms with Gasteiger partial charge in [0, 0.05) is 11.6 Å². The Labute approximate surface area is 120 Å². The Bertz CT molecular complexity index is 736. The Morgan fingerprint density at radius 2 is 1.57 bits per heavy atom. The second kappa shape index (κ2) is 5.04. The zero-order valence-electron chi connectivity index (χ0n) is 12.0. The maximum Gasteiger partial charge on any atom is 0.251 e. The fourth-order valence-corrected chi connectivity index (χ4v) is 2.33. The normalized spacial score (nSPS) is 11.9. The number of anilines is 1. The highest BCUT2D eigenvalue weighted by Crippen LogP contribution is 2.27. The summed E-state index contributed by atoms with van der Waals surface area (Å²) in [6.07, 6.45) is 0. The molecule has 0 heterocycles. The second-order valence-corrected chi connectivity index (χ2v) is 6.04. The van der Waals surface area contributed by atoms with Crippen molar-refractivity contribution < 1.29 is 8.78 Å². The Morgan fingerprint density at radius 3 is 2.05 bits per heavy atom. The molecule has 2 N–H and O–H groups in total. The van der Waals surface area contributed by atoms with Crippen LogP contribution in [0.1, 0.15) is 31.9 Å². The van der Waals surface area contributed by atoms with E-state index in [0.29, 0.717) is 5.56 Å². The number of nitrogens with zero attached hydrogens (tertiary/aromatic N) is 1. The summed E-state index contributed by atoms with van der Waals surface area (Å²) in [6, 6.07) is 3.01. The van der Waals surface area contributed by atoms with Crippen LogP contribution in [0.2, 0.25) is 0 Å². The summed E-state index contributed by atoms with van der Waals surface area (Å²) in [6.45, 7) is 5.32. The molecule has 0 saturated carbocycles. The van der Waals surface area contributed by atoms with Crippen molar-refractivity contribution in [2.24, 2.45) is 5.84 Å². The number of benzene rings is 1. The zero-order chi connectivity index (χ0) is 15.9. The molecule has 0 unspecified atom stereocenters. The monoisotopic (exact) mass is 294 g/mol. The summed E-state index contributed by atoms with van der Waals surface area (Å²) < 4.78 is 26.3. The lowest BCUT2D eigenvalue weighted by Crippen LogP contribution is -2.49. The van der Waals surface area contributed by atoms with Crippen molar-refractivity contribution >= 4 is 5.69 Å². The molecular formula is C15H16F2N2O2. The molecule has 0 aliphatic rings. The van der Waals surface area contributed by atoms with Gasteiger partial charge in [0.1, 0.15) is 17.3 Å². The average Bonchev–Trinajstić information content (AvgIpc) is 2.31. The van der Waals surface area contributed by atoms with Crippen molar-refractivity contribution in [3.05, 3.63) is 61.4 Å². The van der Waals surface area contributed by atoms with E-state index in [0.717, 1.165) is 23.2 Å². The third-order valence-corrected chi connectivity index (χ3v) is 3.20. The Kier molecular flexibility index (Phi) is 3.67. The van der Waals surface area contributed by atoms with Gasteiger partial charge in [-0.3, -0.25) is 9.59 Å². The lowest BCUT2D eigenvalue weighted by Gasteiger charge is -2.29. The zero-order valence-corrected chi connectivity index (χ0v) is 12.0. The smallest absolute Gasteiger partial charge is 0.251 e. The topological polar surface area (TPSA) is 63.4 Å². The van der Waals surface area contributed by atoms with E-state index in [1.165, 1.54) is 0 Å². The van der Waals surface area contributed by atoms with E-state index in [1.807, 2.05) is 0 Å². The van der Waals surface area contributed by atoms with Gasteiger partial charge >= 0.3 is 0 Å². The fourth-order valence-electron chi connectivity index (χ4n) is 2.33. The first-order valence-electron chi connectivity index (χ1n) is 6.42. The third kappa shape index (κ3) is 2.85. The minimum absolute atomic E-state index is 0.0669. The highest BCUT2D eigenvalue weighted by Gasteiger charge is 2.32. The van der Waals surface area contributed by atoms with Crippen molar-refractivity contribution in [3.63, 3.8) is 0 Å². The summed E-state index contributed by atoms with van der Waals surface area (Å²) in [5.41, 5.74) is -1.02. The molecule has 6 heteroatoms. The van der Waals surface area contributed by atoms with E-state index in [2.05, 4.69) is 0 Å². The molecule has 0 fully saturated rings. The van der Waals surface area contributed by atoms with Crippen LogP contribution in [0.25, 0.3) is 0 Å². The van der Waals surface area contributed by atoms with E-state index in [9.17, 15) is 18.4 Å². The first kappa shape index (κ1) is 15.3. The van der Waals surface area contributed by atoms with Gasteiger partial charge in [0.25, 0.3) is 5.43 Å². The predicted molar refractivity (Wildman–Crippen MR) is 76.8 cm³/mol. The average molecular weight is 294 g/mol. The van der Waals surface area contributed by atoms with Crippen molar-refractivity contribution in [2.75, 3.05) is 5.01 Å². The molecule has 2 rings (SSSR count). The van der Waals surface area contributed by atoms with Gasteiger partial charge in [-0.15, -0.1) is 0 Å². The Morgan fingerprint density at radius 1 is 1.05 bits per heavy atom. The van der Waals surface area contributed by atoms with E-state index in [1.54, 1.807) is 20.8 Å². The van der Waals surface area contributed by atoms with Crippen molar-refractivity contribution in [1.82, 2.24) is 0 Å². The van der Waals surface area contributed by atoms with E-state index in [4.69, 9.17) is 5.84 Å². The van der Waals surface area contributed by atoms with Crippen LogP contribution < -0.4 is 21.7 Å². The Balaban J connectivity index is 2.34. The summed E-state index contributed by atoms with van der Waals surface area (Å²) in [5.74, 6) is 4.36. The summed E-state index contributed by atoms with van der Waals surface area (Å²) in [5, 5.41) is 1.07. The van der Waals surface area contributed by atoms with Gasteiger partial charge in [-0.1, -0.05) is 20.8 Å². The van der Waals surface area contributed by atoms with Gasteiger partial charge in [-0.05, 0) is 23.1 Å². The van der Waals surface area contributed by atoms with E-state index < -0.39 is 27.9 Å². The summed E-state index contributed by atoms with van der Waals surface area (Å²) in [4.78, 5) is 23.4. The standard InChI is InChI=1S/C15H16F2N2O2/c1-15(2,3)11-12(14(21)13(11)20)19(18)7-8-4-9(16)6-10(17)5-8/h4-6H,7,18H2,1-3H3. The van der Waals surface area contributed by atoms with Crippen LogP contribution >= 0.6 is 0 Å². The predicted octanol–water partition coefficient (Wildman–Crippen LogP) is 1.74. The molecule has 4 nitrogen and oxygen atoms in total. The molecule has 0 aliphatic heterocycles. The fraction of sp³-hybridized carbons (Fsp3) is 0.333. The lowest BCUT2D eigenvalue weighted by atomic mass is 9.82. The maximum atomic E-state index is 13.1. The first-order valence-corrected chi connectivity index (χ1v) is 6.42. The number of hydrazine groups is 1. The van der Waals surface area contributed by atoms with Crippen LogP contribution in [0.4, 0.5) is 14.5 Å². The van der Waals surface area contributed by atoms with Gasteiger partial charge in [0.2, 0.25) is 5.43 Å². The molecule has 0 radical (unpaired) electrons. The molecule has 0 amide bonds. The number of hydrogen-bond donors (Lipinski definition) is 1. The molecule has 0 bridgehead atoms. The van der Waals surface area contributed by atoms with E-state index >= 15 is 0 Å². The number of nitrogens with two attached hydrogens (primary N) is 1. The third-order valence-electron chi connectivity index (χ3n) is 3.20. The van der Waals surface area contributed by atoms with Crippen molar-refractivity contribution in [2.45, 2.75) is 32.7 Å². The van der Waals surface area contributed by atoms with Gasteiger partial charge in [-0.25, -0.2) is 14.6 Å². The summed E-state index contributed by atoms with van der Waals surface area (Å²) >= 11 is 0. The van der Waals surface area contributed by atoms with Crippen molar-refractivity contribution in [3.8, 4) is 0 Å². The molecule has 21 heavy (non-hydrogen) atoms. The highest BCUT2D eigenvalue weighted by atomic mass is 19.1. The SMILES string of the molecule is CC(C)(C)c1c(N(N)Cc2cc(F)cc(F)c2)c(=O)c1=O. The number of halogens is 2. The molecule has 112 valence electrons. The van der Waals surface area contributed by atoms with Crippen LogP contribution in [-0.4, -0.2) is 0 Å². The van der Waals surface area contributed by atoms with Gasteiger partial charge in [-0.2, -0.15) is 0 Å². The first-order chi connectivity index (χ1) is 9.61. The van der Waals surface area contributed by atoms with Gasteiger partial charge in [0.15, 0.2) is 0 Å². The number of rotatable bonds is 3. The van der Waals surface area contributed by atoms with Crippen molar-refractivity contribution in [1.29, 1.82) is 0 Å². The van der Waals surface area contributed by atoms with Crippen LogP contribution in [0.15, 0.2) is 27.8 Å². The van der Waals surface area contributed by atoms with E-state index in [-0.39, 0.29) is 17.8 Å². The van der Waals surface area contributed by atoms with Gasteiger partial charge in [0.05, 0.1) is 6.54 Å². The molecule has 2 aromatic carbocycles. The molecule has 0 aromatic heterocycles. The molecule has 0 saturated heterocycles. The van der Waals surface area contributed by atoms with Crippen LogP contribution in [0, 0.1) is 11.6 Å². The number of hydrogen-bond acceptors (Lipinski definition) is 4. The minimum atomic E-state index is -0.723. The van der Waals surface area contributed by atoms with Crippen LogP contribution in [0.3, 0.4) is 0 Å². The second-order valence-electron chi connectivity index (χ2n) is 6.04. The molecular weight excluding hydrogens is 278 g/mol. The minimum Gasteiger partial charge on any atom is -0.302 e. The molecule has 0 spiro atoms. The summed E-state index contributed by atoms with van der Waals surface area (Å²) in [7, 11) is 0. The van der Waals surface area contributed by atoms with Crippen LogP contribution in [-0.2, 0) is 12.0 Å². The molecule has 0 atom stereocenters. The van der Waals surface area contributed by atoms with Crippen LogP contribution in [0.5, 0.6) is 0 Å². The quantitative estimate of drug-likeness (QED) is 0.532. The molecule has 2 aromatic rings. The largest absolute Gasteiger partial charge is 0.302 e. The lowest BCUT2D eigenvalue weighted by molar-refractivity contribution is 0.570. The molecule has 0 aliphatic carbocycles. The Hall–Kier alpha value is -2.08. The maximum absolute atomic E-state index is 13.1. The van der Waals surface area contributed by atoms with Gasteiger partial charge < -0.3 is 5.01 Å². The highest BCUT2D eigenvalue weighted by molar-refractivity contribution is 5.60.